The topological polar surface area (TPSA) is 29.3 Å². The predicted molar refractivity (Wildman–Crippen MR) is 49.4 cm³/mol. The largest absolute Gasteiger partial charge is 0.268 e. The molecular weight excluding hydrogens is 156 g/mol. The maximum atomic E-state index is 5.98. The molecule has 11 heavy (non-hydrogen) atoms. The van der Waals surface area contributed by atoms with Crippen LogP contribution >= 0.6 is 11.8 Å². The molecule has 0 aromatic heterocycles. The van der Waals surface area contributed by atoms with Crippen LogP contribution in [0.25, 0.3) is 0 Å². The highest BCUT2D eigenvalue weighted by atomic mass is 32.2. The van der Waals surface area contributed by atoms with Gasteiger partial charge < -0.3 is 0 Å². The van der Waals surface area contributed by atoms with Crippen molar-refractivity contribution in [2.45, 2.75) is 37.8 Å². The lowest BCUT2D eigenvalue weighted by Crippen LogP contribution is -2.44. The van der Waals surface area contributed by atoms with Gasteiger partial charge in [-0.05, 0) is 37.2 Å². The molecule has 3 heteroatoms. The zero-order valence-corrected chi connectivity index (χ0v) is 7.65. The van der Waals surface area contributed by atoms with Crippen LogP contribution in [0.2, 0.25) is 0 Å². The molecule has 1 aliphatic carbocycles. The van der Waals surface area contributed by atoms with Crippen LogP contribution in [0.15, 0.2) is 0 Å². The summed E-state index contributed by atoms with van der Waals surface area (Å²) in [6.45, 7) is 0. The monoisotopic (exact) mass is 172 g/mol. The summed E-state index contributed by atoms with van der Waals surface area (Å²) in [6.07, 6.45) is 5.27. The van der Waals surface area contributed by atoms with Crippen molar-refractivity contribution in [2.24, 2.45) is 5.84 Å². The Kier molecular flexibility index (Phi) is 2.39. The van der Waals surface area contributed by atoms with Gasteiger partial charge in [0.2, 0.25) is 0 Å². The summed E-state index contributed by atoms with van der Waals surface area (Å²) in [7, 11) is 0. The van der Waals surface area contributed by atoms with Crippen LogP contribution < -0.4 is 5.84 Å². The van der Waals surface area contributed by atoms with Crippen LogP contribution in [-0.2, 0) is 0 Å². The zero-order valence-electron chi connectivity index (χ0n) is 6.83. The lowest BCUT2D eigenvalue weighted by atomic mass is 10.1. The smallest absolute Gasteiger partial charge is 0.0260 e. The fraction of sp³-hybridized carbons (Fsp3) is 1.00. The van der Waals surface area contributed by atoms with E-state index in [0.717, 1.165) is 6.04 Å². The molecule has 1 aliphatic heterocycles. The molecule has 0 aromatic rings. The highest BCUT2D eigenvalue weighted by molar-refractivity contribution is 7.99. The van der Waals surface area contributed by atoms with Crippen LogP contribution in [0.5, 0.6) is 0 Å². The average Bonchev–Trinajstić information content (AvgIpc) is 2.87. The van der Waals surface area contributed by atoms with Crippen molar-refractivity contribution >= 4 is 11.8 Å². The molecule has 2 rings (SSSR count). The first-order chi connectivity index (χ1) is 5.38. The van der Waals surface area contributed by atoms with Crippen molar-refractivity contribution in [3.05, 3.63) is 0 Å². The molecular formula is C8H16N2S. The van der Waals surface area contributed by atoms with Gasteiger partial charge in [-0.1, -0.05) is 0 Å². The zero-order chi connectivity index (χ0) is 7.68. The van der Waals surface area contributed by atoms with Crippen LogP contribution in [-0.4, -0.2) is 28.6 Å². The van der Waals surface area contributed by atoms with Crippen molar-refractivity contribution in [1.82, 2.24) is 5.01 Å². The van der Waals surface area contributed by atoms with Crippen molar-refractivity contribution in [2.75, 3.05) is 11.5 Å². The van der Waals surface area contributed by atoms with E-state index >= 15 is 0 Å². The number of nitrogens with two attached hydrogens (primary N) is 1. The fourth-order valence-corrected chi connectivity index (χ4v) is 2.74. The maximum Gasteiger partial charge on any atom is 0.0260 e. The van der Waals surface area contributed by atoms with Gasteiger partial charge in [0, 0.05) is 12.1 Å². The molecule has 1 heterocycles. The number of thioether (sulfide) groups is 1. The van der Waals surface area contributed by atoms with E-state index < -0.39 is 0 Å². The Morgan fingerprint density at radius 3 is 2.09 bits per heavy atom. The second-order valence-corrected chi connectivity index (χ2v) is 4.75. The van der Waals surface area contributed by atoms with Crippen molar-refractivity contribution in [1.29, 1.82) is 0 Å². The highest BCUT2D eigenvalue weighted by Crippen LogP contribution is 2.30. The second kappa shape index (κ2) is 3.33. The SMILES string of the molecule is NN(C1CCSCC1)C1CC1. The Labute approximate surface area is 72.5 Å². The minimum atomic E-state index is 0.698. The molecule has 0 radical (unpaired) electrons. The molecule has 1 saturated heterocycles. The molecule has 0 amide bonds. The standard InChI is InChI=1S/C8H16N2S/c9-10(7-1-2-7)8-3-5-11-6-4-8/h7-8H,1-6,9H2. The number of rotatable bonds is 2. The molecule has 2 aliphatic rings. The van der Waals surface area contributed by atoms with Gasteiger partial charge in [-0.15, -0.1) is 0 Å². The normalized spacial score (nSPS) is 27.8. The quantitative estimate of drug-likeness (QED) is 0.501. The molecule has 0 unspecified atom stereocenters. The first-order valence-corrected chi connectivity index (χ1v) is 5.64. The molecule has 2 nitrogen and oxygen atoms in total. The summed E-state index contributed by atoms with van der Waals surface area (Å²) < 4.78 is 0. The van der Waals surface area contributed by atoms with E-state index in [9.17, 15) is 0 Å². The summed E-state index contributed by atoms with van der Waals surface area (Å²) in [5, 5.41) is 2.12. The van der Waals surface area contributed by atoms with E-state index in [-0.39, 0.29) is 0 Å². The van der Waals surface area contributed by atoms with Gasteiger partial charge >= 0.3 is 0 Å². The molecule has 2 fully saturated rings. The Morgan fingerprint density at radius 2 is 1.55 bits per heavy atom. The van der Waals surface area contributed by atoms with E-state index in [2.05, 4.69) is 16.8 Å². The third-order valence-corrected chi connectivity index (χ3v) is 3.63. The number of hydrogen-bond acceptors (Lipinski definition) is 3. The van der Waals surface area contributed by atoms with Gasteiger partial charge in [-0.2, -0.15) is 11.8 Å². The van der Waals surface area contributed by atoms with Crippen molar-refractivity contribution in [3.63, 3.8) is 0 Å². The molecule has 0 aromatic carbocycles. The van der Waals surface area contributed by atoms with Crippen LogP contribution in [0.3, 0.4) is 0 Å². The van der Waals surface area contributed by atoms with Gasteiger partial charge in [0.05, 0.1) is 0 Å². The van der Waals surface area contributed by atoms with Gasteiger partial charge in [0.1, 0.15) is 0 Å². The Morgan fingerprint density at radius 1 is 1.00 bits per heavy atom. The first-order valence-electron chi connectivity index (χ1n) is 4.48. The number of hydrogen-bond donors (Lipinski definition) is 1. The molecule has 0 bridgehead atoms. The highest BCUT2D eigenvalue weighted by Gasteiger charge is 2.32. The van der Waals surface area contributed by atoms with Gasteiger partial charge in [-0.3, -0.25) is 5.84 Å². The lowest BCUT2D eigenvalue weighted by Gasteiger charge is -2.30. The van der Waals surface area contributed by atoms with Gasteiger partial charge in [0.25, 0.3) is 0 Å². The van der Waals surface area contributed by atoms with Crippen LogP contribution in [0.1, 0.15) is 25.7 Å². The number of hydrazine groups is 1. The third kappa shape index (κ3) is 1.89. The Bertz CT molecular complexity index is 130. The molecule has 0 spiro atoms. The van der Waals surface area contributed by atoms with E-state index in [0.29, 0.717) is 6.04 Å². The van der Waals surface area contributed by atoms with Crippen molar-refractivity contribution in [3.8, 4) is 0 Å². The van der Waals surface area contributed by atoms with Crippen molar-refractivity contribution < 1.29 is 0 Å². The minimum Gasteiger partial charge on any atom is -0.268 e. The fourth-order valence-electron chi connectivity index (χ4n) is 1.65. The van der Waals surface area contributed by atoms with E-state index in [1.54, 1.807) is 0 Å². The predicted octanol–water partition coefficient (Wildman–Crippen LogP) is 1.22. The van der Waals surface area contributed by atoms with E-state index in [1.165, 1.54) is 37.2 Å². The first kappa shape index (κ1) is 7.90. The second-order valence-electron chi connectivity index (χ2n) is 3.52. The summed E-state index contributed by atoms with van der Waals surface area (Å²) in [5.74, 6) is 8.60. The number of nitrogens with zero attached hydrogens (tertiary/aromatic N) is 1. The average molecular weight is 172 g/mol. The maximum absolute atomic E-state index is 5.98. The third-order valence-electron chi connectivity index (χ3n) is 2.58. The lowest BCUT2D eigenvalue weighted by molar-refractivity contribution is 0.179. The van der Waals surface area contributed by atoms with E-state index in [4.69, 9.17) is 5.84 Å². The molecule has 64 valence electrons. The summed E-state index contributed by atoms with van der Waals surface area (Å²) >= 11 is 2.07. The molecule has 2 N–H and O–H groups in total. The van der Waals surface area contributed by atoms with Crippen LogP contribution in [0.4, 0.5) is 0 Å². The summed E-state index contributed by atoms with van der Waals surface area (Å²) in [6, 6.07) is 1.44. The molecule has 1 saturated carbocycles. The van der Waals surface area contributed by atoms with E-state index in [1.807, 2.05) is 0 Å². The minimum absolute atomic E-state index is 0.698. The summed E-state index contributed by atoms with van der Waals surface area (Å²) in [5.41, 5.74) is 0. The molecule has 0 atom stereocenters. The Hall–Kier alpha value is 0.270. The Balaban J connectivity index is 1.81. The summed E-state index contributed by atoms with van der Waals surface area (Å²) in [4.78, 5) is 0. The van der Waals surface area contributed by atoms with Gasteiger partial charge in [-0.25, -0.2) is 5.01 Å². The van der Waals surface area contributed by atoms with Gasteiger partial charge in [0.15, 0.2) is 0 Å². The van der Waals surface area contributed by atoms with Crippen LogP contribution in [0, 0.1) is 0 Å².